The highest BCUT2D eigenvalue weighted by Crippen LogP contribution is 2.28. The van der Waals surface area contributed by atoms with Crippen molar-refractivity contribution in [3.8, 4) is 0 Å². The molecule has 0 spiro atoms. The van der Waals surface area contributed by atoms with E-state index in [0.717, 1.165) is 6.33 Å². The summed E-state index contributed by atoms with van der Waals surface area (Å²) in [7, 11) is 0. The molecule has 250 valence electrons. The average molecular weight is 643 g/mol. The van der Waals surface area contributed by atoms with Crippen LogP contribution in [0, 0.1) is 0 Å². The molecule has 0 saturated carbocycles. The topological polar surface area (TPSA) is 277 Å². The number of hydrogen-bond acceptors (Lipinski definition) is 15. The number of ether oxygens (including phenoxy) is 4. The monoisotopic (exact) mass is 642 g/mol. The van der Waals surface area contributed by atoms with Gasteiger partial charge in [0.1, 0.15) is 36.8 Å². The number of carboxylic acid groups (broad SMARTS) is 1. The van der Waals surface area contributed by atoms with Crippen LogP contribution in [0.15, 0.2) is 12.7 Å². The molecule has 2 aliphatic heterocycles. The lowest BCUT2D eigenvalue weighted by Gasteiger charge is -2.36. The van der Waals surface area contributed by atoms with E-state index < -0.39 is 85.4 Å². The van der Waals surface area contributed by atoms with Gasteiger partial charge in [-0.2, -0.15) is 0 Å². The van der Waals surface area contributed by atoms with E-state index >= 15 is 0 Å². The number of nitrogens with one attached hydrogen (secondary N) is 2. The van der Waals surface area contributed by atoms with Gasteiger partial charge >= 0.3 is 18.0 Å². The number of aliphatic carboxylic acids is 1. The van der Waals surface area contributed by atoms with Crippen LogP contribution in [0.4, 0.5) is 10.6 Å². The van der Waals surface area contributed by atoms with Crippen molar-refractivity contribution < 1.29 is 64.0 Å². The number of aliphatic hydroxyl groups is 5. The molecule has 2 fully saturated rings. The second-order valence-electron chi connectivity index (χ2n) is 11.0. The first-order valence-electron chi connectivity index (χ1n) is 14.3. The van der Waals surface area contributed by atoms with Gasteiger partial charge in [0.05, 0.1) is 31.2 Å². The van der Waals surface area contributed by atoms with Crippen LogP contribution in [0.3, 0.4) is 0 Å². The van der Waals surface area contributed by atoms with Crippen LogP contribution in [-0.2, 0) is 28.5 Å². The molecule has 2 aromatic heterocycles. The Balaban J connectivity index is 1.31. The Bertz CT molecular complexity index is 1350. The summed E-state index contributed by atoms with van der Waals surface area (Å²) in [5.41, 5.74) is 0.142. The molecule has 0 aromatic carbocycles. The summed E-state index contributed by atoms with van der Waals surface area (Å²) in [6.45, 7) is 4.32. The standard InChI is InChI=1S/C26H38N6O13/c1-10(43-25-14(34)6-13(33)11(2)45-25)4-5-16(36)44-12(3)17(24(39)40)30-26(41)31-21-18-22(28-8-27-21)32(9-29-18)23-20(38)19(37)15(35)7-42-23/h8-15,17,19-20,23,25,33-35,37-38H,4-7H2,1-3H3,(H,39,40)(H2,27,28,30,31,41)/t10-,11+,12-,13-,14+,15-,17+,19+,20+,23-,25-/m1/s1. The maximum absolute atomic E-state index is 12.8. The molecule has 0 aliphatic carbocycles. The van der Waals surface area contributed by atoms with Crippen LogP contribution < -0.4 is 10.6 Å². The van der Waals surface area contributed by atoms with Crippen molar-refractivity contribution >= 4 is 35.0 Å². The number of aliphatic hydroxyl groups excluding tert-OH is 5. The number of amides is 2. The Kier molecular flexibility index (Phi) is 11.2. The summed E-state index contributed by atoms with van der Waals surface area (Å²) < 4.78 is 23.0. The Labute approximate surface area is 256 Å². The summed E-state index contributed by atoms with van der Waals surface area (Å²) in [5.74, 6) is -2.36. The van der Waals surface area contributed by atoms with Gasteiger partial charge in [0.25, 0.3) is 0 Å². The number of nitrogens with zero attached hydrogens (tertiary/aromatic N) is 4. The largest absolute Gasteiger partial charge is 0.480 e. The maximum atomic E-state index is 12.8. The zero-order valence-corrected chi connectivity index (χ0v) is 24.7. The normalized spacial score (nSPS) is 30.7. The quantitative estimate of drug-likeness (QED) is 0.123. The SMILES string of the molecule is C[C@H](CCC(=O)O[C@H](C)[C@H](NC(=O)Nc1ncnc2c1ncn2[C@@H]1OC[C@@H](O)[C@H](O)[C@@H]1O)C(=O)O)O[C@@H]1O[C@@H](C)[C@H](O)C[C@@H]1O. The Morgan fingerprint density at radius 2 is 1.80 bits per heavy atom. The number of rotatable bonds is 11. The van der Waals surface area contributed by atoms with Crippen molar-refractivity contribution in [1.82, 2.24) is 24.8 Å². The lowest BCUT2D eigenvalue weighted by Crippen LogP contribution is -2.50. The van der Waals surface area contributed by atoms with E-state index in [1.807, 2.05) is 0 Å². The molecule has 0 unspecified atom stereocenters. The average Bonchev–Trinajstić information content (AvgIpc) is 3.41. The third-order valence-electron chi connectivity index (χ3n) is 7.49. The number of anilines is 1. The van der Waals surface area contributed by atoms with Crippen LogP contribution >= 0.6 is 0 Å². The number of esters is 1. The first-order valence-corrected chi connectivity index (χ1v) is 14.3. The Morgan fingerprint density at radius 3 is 2.51 bits per heavy atom. The minimum Gasteiger partial charge on any atom is -0.480 e. The van der Waals surface area contributed by atoms with Crippen LogP contribution in [0.2, 0.25) is 0 Å². The summed E-state index contributed by atoms with van der Waals surface area (Å²) in [4.78, 5) is 49.3. The molecule has 2 aromatic rings. The molecule has 4 rings (SSSR count). The molecule has 2 amide bonds. The van der Waals surface area contributed by atoms with Gasteiger partial charge in [-0.25, -0.2) is 24.5 Å². The molecule has 45 heavy (non-hydrogen) atoms. The molecule has 11 atom stereocenters. The molecular weight excluding hydrogens is 604 g/mol. The predicted molar refractivity (Wildman–Crippen MR) is 148 cm³/mol. The van der Waals surface area contributed by atoms with Gasteiger partial charge in [0, 0.05) is 12.8 Å². The van der Waals surface area contributed by atoms with Crippen molar-refractivity contribution in [3.63, 3.8) is 0 Å². The fourth-order valence-electron chi connectivity index (χ4n) is 4.85. The predicted octanol–water partition coefficient (Wildman–Crippen LogP) is -2.01. The zero-order valence-electron chi connectivity index (χ0n) is 24.7. The molecular formula is C26H38N6O13. The minimum atomic E-state index is -1.66. The van der Waals surface area contributed by atoms with Crippen molar-refractivity contribution in [2.75, 3.05) is 11.9 Å². The number of hydrogen-bond donors (Lipinski definition) is 8. The number of imidazole rings is 1. The van der Waals surface area contributed by atoms with Gasteiger partial charge in [-0.15, -0.1) is 0 Å². The van der Waals surface area contributed by atoms with Gasteiger partial charge < -0.3 is 54.9 Å². The third-order valence-corrected chi connectivity index (χ3v) is 7.49. The van der Waals surface area contributed by atoms with Gasteiger partial charge in [-0.1, -0.05) is 0 Å². The second kappa shape index (κ2) is 14.7. The molecule has 0 bridgehead atoms. The van der Waals surface area contributed by atoms with Gasteiger partial charge in [0.2, 0.25) is 0 Å². The summed E-state index contributed by atoms with van der Waals surface area (Å²) >= 11 is 0. The fourth-order valence-corrected chi connectivity index (χ4v) is 4.85. The molecule has 2 aliphatic rings. The van der Waals surface area contributed by atoms with E-state index in [9.17, 15) is 45.0 Å². The van der Waals surface area contributed by atoms with Crippen molar-refractivity contribution in [2.24, 2.45) is 0 Å². The maximum Gasteiger partial charge on any atom is 0.330 e. The number of carboxylic acids is 1. The van der Waals surface area contributed by atoms with Crippen LogP contribution in [0.25, 0.3) is 11.2 Å². The van der Waals surface area contributed by atoms with Gasteiger partial charge in [-0.05, 0) is 27.2 Å². The highest BCUT2D eigenvalue weighted by Gasteiger charge is 2.40. The molecule has 19 heteroatoms. The van der Waals surface area contributed by atoms with E-state index in [-0.39, 0.29) is 42.9 Å². The highest BCUT2D eigenvalue weighted by molar-refractivity contribution is 5.97. The Hall–Kier alpha value is -3.56. The second-order valence-corrected chi connectivity index (χ2v) is 11.0. The summed E-state index contributed by atoms with van der Waals surface area (Å²) in [6.07, 6.45) is -8.32. The lowest BCUT2D eigenvalue weighted by atomic mass is 10.0. The number of aromatic nitrogens is 4. The van der Waals surface area contributed by atoms with Crippen LogP contribution in [-0.4, -0.2) is 136 Å². The molecule has 4 heterocycles. The zero-order chi connectivity index (χ0) is 33.0. The summed E-state index contributed by atoms with van der Waals surface area (Å²) in [6, 6.07) is -2.67. The van der Waals surface area contributed by atoms with E-state index in [1.165, 1.54) is 17.8 Å². The summed E-state index contributed by atoms with van der Waals surface area (Å²) in [5, 5.41) is 64.2. The van der Waals surface area contributed by atoms with E-state index in [4.69, 9.17) is 18.9 Å². The molecule has 0 radical (unpaired) electrons. The molecule has 8 N–H and O–H groups in total. The van der Waals surface area contributed by atoms with E-state index in [0.29, 0.717) is 0 Å². The third kappa shape index (κ3) is 8.19. The molecule has 19 nitrogen and oxygen atoms in total. The highest BCUT2D eigenvalue weighted by atomic mass is 16.7. The van der Waals surface area contributed by atoms with E-state index in [2.05, 4.69) is 25.6 Å². The number of carbonyl (C=O) groups is 3. The number of carbonyl (C=O) groups excluding carboxylic acids is 2. The smallest absolute Gasteiger partial charge is 0.330 e. The number of urea groups is 1. The first kappa shape index (κ1) is 34.3. The lowest BCUT2D eigenvalue weighted by molar-refractivity contribution is -0.273. The van der Waals surface area contributed by atoms with Crippen LogP contribution in [0.1, 0.15) is 46.3 Å². The van der Waals surface area contributed by atoms with Gasteiger partial charge in [-0.3, -0.25) is 14.7 Å². The van der Waals surface area contributed by atoms with Crippen molar-refractivity contribution in [2.45, 2.75) is 107 Å². The Morgan fingerprint density at radius 1 is 1.07 bits per heavy atom. The fraction of sp³-hybridized carbons (Fsp3) is 0.692. The minimum absolute atomic E-state index is 0.0449. The number of fused-ring (bicyclic) bond motifs is 1. The van der Waals surface area contributed by atoms with Gasteiger partial charge in [0.15, 0.2) is 35.5 Å². The molecule has 2 saturated heterocycles. The van der Waals surface area contributed by atoms with E-state index in [1.54, 1.807) is 13.8 Å². The van der Waals surface area contributed by atoms with Crippen molar-refractivity contribution in [1.29, 1.82) is 0 Å². The first-order chi connectivity index (χ1) is 21.3. The van der Waals surface area contributed by atoms with Crippen molar-refractivity contribution in [3.05, 3.63) is 12.7 Å². The van der Waals surface area contributed by atoms with Crippen LogP contribution in [0.5, 0.6) is 0 Å².